The number of anilines is 1. The molecule has 1 N–H and O–H groups in total. The van der Waals surface area contributed by atoms with Crippen molar-refractivity contribution in [2.24, 2.45) is 0 Å². The number of nitrogens with zero attached hydrogens (tertiary/aromatic N) is 3. The van der Waals surface area contributed by atoms with Crippen molar-refractivity contribution in [3.63, 3.8) is 0 Å². The molecule has 1 aliphatic heterocycles. The summed E-state index contributed by atoms with van der Waals surface area (Å²) >= 11 is 3.03. The van der Waals surface area contributed by atoms with E-state index in [9.17, 15) is 9.59 Å². The zero-order valence-corrected chi connectivity index (χ0v) is 18.0. The van der Waals surface area contributed by atoms with Gasteiger partial charge in [-0.05, 0) is 12.1 Å². The van der Waals surface area contributed by atoms with E-state index < -0.39 is 0 Å². The van der Waals surface area contributed by atoms with Crippen LogP contribution in [0.5, 0.6) is 0 Å². The maximum Gasteiger partial charge on any atom is 0.321 e. The van der Waals surface area contributed by atoms with Crippen LogP contribution in [0, 0.1) is 0 Å². The van der Waals surface area contributed by atoms with E-state index in [1.165, 1.54) is 11.8 Å². The van der Waals surface area contributed by atoms with E-state index in [4.69, 9.17) is 0 Å². The summed E-state index contributed by atoms with van der Waals surface area (Å²) in [4.78, 5) is 33.1. The number of carbonyl (C=O) groups is 2. The van der Waals surface area contributed by atoms with Gasteiger partial charge >= 0.3 is 6.03 Å². The standard InChI is InChI=1S/C22H22N4O2S2/c27-20(16-30-22-24-19(15-29-22)17-7-3-1-4-8-17)25-11-13-26(14-12-25)21(28)23-18-9-5-2-6-10-18/h1-10,15H,11-14,16H2,(H,23,28). The summed E-state index contributed by atoms with van der Waals surface area (Å²) in [6.45, 7) is 2.17. The summed E-state index contributed by atoms with van der Waals surface area (Å²) in [5.74, 6) is 0.442. The second-order valence-electron chi connectivity index (χ2n) is 6.82. The molecule has 30 heavy (non-hydrogen) atoms. The quantitative estimate of drug-likeness (QED) is 0.604. The molecule has 0 atom stereocenters. The number of thioether (sulfide) groups is 1. The lowest BCUT2D eigenvalue weighted by atomic mass is 10.2. The fraction of sp³-hybridized carbons (Fsp3) is 0.227. The molecule has 0 unspecified atom stereocenters. The Hall–Kier alpha value is -2.84. The SMILES string of the molecule is O=C(CSc1nc(-c2ccccc2)cs1)N1CCN(C(=O)Nc2ccccc2)CC1. The van der Waals surface area contributed by atoms with Crippen LogP contribution in [-0.4, -0.2) is 58.7 Å². The minimum Gasteiger partial charge on any atom is -0.338 e. The van der Waals surface area contributed by atoms with Gasteiger partial charge < -0.3 is 15.1 Å². The zero-order valence-electron chi connectivity index (χ0n) is 16.4. The molecule has 0 bridgehead atoms. The van der Waals surface area contributed by atoms with E-state index in [0.717, 1.165) is 21.3 Å². The van der Waals surface area contributed by atoms with Crippen molar-refractivity contribution in [3.05, 3.63) is 66.0 Å². The Balaban J connectivity index is 1.23. The van der Waals surface area contributed by atoms with Crippen LogP contribution in [0.4, 0.5) is 10.5 Å². The minimum absolute atomic E-state index is 0.0829. The normalized spacial score (nSPS) is 13.9. The first kappa shape index (κ1) is 20.4. The third-order valence-electron chi connectivity index (χ3n) is 4.82. The first-order valence-corrected chi connectivity index (χ1v) is 11.6. The number of carbonyl (C=O) groups excluding carboxylic acids is 2. The van der Waals surface area contributed by atoms with Gasteiger partial charge in [-0.15, -0.1) is 11.3 Å². The predicted octanol–water partition coefficient (Wildman–Crippen LogP) is 4.28. The van der Waals surface area contributed by atoms with E-state index in [2.05, 4.69) is 10.3 Å². The first-order valence-electron chi connectivity index (χ1n) is 9.71. The fourth-order valence-corrected chi connectivity index (χ4v) is 4.90. The molecule has 2 heterocycles. The Labute approximate surface area is 183 Å². The number of amides is 3. The van der Waals surface area contributed by atoms with Gasteiger partial charge in [0.1, 0.15) is 0 Å². The van der Waals surface area contributed by atoms with Crippen molar-refractivity contribution in [1.29, 1.82) is 0 Å². The highest BCUT2D eigenvalue weighted by Crippen LogP contribution is 2.28. The number of hydrogen-bond donors (Lipinski definition) is 1. The predicted molar refractivity (Wildman–Crippen MR) is 122 cm³/mol. The van der Waals surface area contributed by atoms with Crippen molar-refractivity contribution in [2.75, 3.05) is 37.2 Å². The number of piperazine rings is 1. The molecule has 1 fully saturated rings. The highest BCUT2D eigenvalue weighted by Gasteiger charge is 2.24. The lowest BCUT2D eigenvalue weighted by molar-refractivity contribution is -0.129. The van der Waals surface area contributed by atoms with Crippen molar-refractivity contribution in [3.8, 4) is 11.3 Å². The van der Waals surface area contributed by atoms with Crippen molar-refractivity contribution < 1.29 is 9.59 Å². The lowest BCUT2D eigenvalue weighted by Gasteiger charge is -2.34. The maximum atomic E-state index is 12.6. The average molecular weight is 439 g/mol. The highest BCUT2D eigenvalue weighted by atomic mass is 32.2. The van der Waals surface area contributed by atoms with Gasteiger partial charge in [0.15, 0.2) is 4.34 Å². The molecule has 1 aliphatic rings. The van der Waals surface area contributed by atoms with Crippen LogP contribution in [0.1, 0.15) is 0 Å². The monoisotopic (exact) mass is 438 g/mol. The Morgan fingerprint density at radius 2 is 1.57 bits per heavy atom. The second kappa shape index (κ2) is 9.77. The van der Waals surface area contributed by atoms with Crippen LogP contribution in [0.25, 0.3) is 11.3 Å². The molecular weight excluding hydrogens is 416 g/mol. The second-order valence-corrected chi connectivity index (χ2v) is 8.90. The number of para-hydroxylation sites is 1. The average Bonchev–Trinajstić information content (AvgIpc) is 3.28. The summed E-state index contributed by atoms with van der Waals surface area (Å²) in [6, 6.07) is 19.3. The van der Waals surface area contributed by atoms with E-state index in [0.29, 0.717) is 31.9 Å². The third-order valence-corrected chi connectivity index (χ3v) is 6.82. The number of hydrogen-bond acceptors (Lipinski definition) is 5. The Morgan fingerprint density at radius 3 is 2.27 bits per heavy atom. The van der Waals surface area contributed by atoms with E-state index in [1.807, 2.05) is 70.9 Å². The zero-order chi connectivity index (χ0) is 20.8. The fourth-order valence-electron chi connectivity index (χ4n) is 3.16. The van der Waals surface area contributed by atoms with Gasteiger partial charge in [0.25, 0.3) is 0 Å². The molecule has 3 amide bonds. The summed E-state index contributed by atoms with van der Waals surface area (Å²) < 4.78 is 0.892. The van der Waals surface area contributed by atoms with Gasteiger partial charge in [0.05, 0.1) is 11.4 Å². The summed E-state index contributed by atoms with van der Waals surface area (Å²) in [5, 5.41) is 4.91. The molecule has 0 spiro atoms. The van der Waals surface area contributed by atoms with Crippen molar-refractivity contribution in [2.45, 2.75) is 4.34 Å². The molecule has 6 nitrogen and oxygen atoms in total. The smallest absolute Gasteiger partial charge is 0.321 e. The van der Waals surface area contributed by atoms with Gasteiger partial charge in [0.2, 0.25) is 5.91 Å². The molecule has 0 aliphatic carbocycles. The number of benzene rings is 2. The molecule has 154 valence electrons. The molecule has 3 aromatic rings. The number of aromatic nitrogens is 1. The van der Waals surface area contributed by atoms with Crippen LogP contribution >= 0.6 is 23.1 Å². The van der Waals surface area contributed by atoms with Gasteiger partial charge in [0, 0.05) is 42.8 Å². The topological polar surface area (TPSA) is 65.5 Å². The third kappa shape index (κ3) is 5.20. The Bertz CT molecular complexity index is 987. The van der Waals surface area contributed by atoms with E-state index in [1.54, 1.807) is 16.2 Å². The van der Waals surface area contributed by atoms with Crippen molar-refractivity contribution >= 4 is 40.7 Å². The number of rotatable bonds is 5. The first-order chi connectivity index (χ1) is 14.7. The molecule has 2 aromatic carbocycles. The Kier molecular flexibility index (Phi) is 6.66. The Morgan fingerprint density at radius 1 is 0.933 bits per heavy atom. The highest BCUT2D eigenvalue weighted by molar-refractivity contribution is 8.01. The summed E-state index contributed by atoms with van der Waals surface area (Å²) in [7, 11) is 0. The molecule has 4 rings (SSSR count). The molecule has 1 saturated heterocycles. The van der Waals surface area contributed by atoms with Crippen LogP contribution in [0.3, 0.4) is 0 Å². The molecule has 8 heteroatoms. The molecule has 0 radical (unpaired) electrons. The van der Waals surface area contributed by atoms with Gasteiger partial charge in [-0.2, -0.15) is 0 Å². The molecular formula is C22H22N4O2S2. The van der Waals surface area contributed by atoms with E-state index in [-0.39, 0.29) is 11.9 Å². The van der Waals surface area contributed by atoms with Gasteiger partial charge in [-0.3, -0.25) is 4.79 Å². The number of nitrogens with one attached hydrogen (secondary N) is 1. The van der Waals surface area contributed by atoms with Crippen molar-refractivity contribution in [1.82, 2.24) is 14.8 Å². The largest absolute Gasteiger partial charge is 0.338 e. The van der Waals surface area contributed by atoms with Crippen LogP contribution in [0.2, 0.25) is 0 Å². The summed E-state index contributed by atoms with van der Waals surface area (Å²) in [6.07, 6.45) is 0. The van der Waals surface area contributed by atoms with Crippen LogP contribution in [0.15, 0.2) is 70.4 Å². The molecule has 0 saturated carbocycles. The van der Waals surface area contributed by atoms with Gasteiger partial charge in [-0.25, -0.2) is 9.78 Å². The number of urea groups is 1. The number of thiazole rings is 1. The molecule has 1 aromatic heterocycles. The summed E-state index contributed by atoms with van der Waals surface area (Å²) in [5.41, 5.74) is 2.79. The van der Waals surface area contributed by atoms with E-state index >= 15 is 0 Å². The maximum absolute atomic E-state index is 12.6. The van der Waals surface area contributed by atoms with Crippen LogP contribution < -0.4 is 5.32 Å². The van der Waals surface area contributed by atoms with Crippen LogP contribution in [-0.2, 0) is 4.79 Å². The lowest BCUT2D eigenvalue weighted by Crippen LogP contribution is -2.52. The minimum atomic E-state index is -0.126. The van der Waals surface area contributed by atoms with Gasteiger partial charge in [-0.1, -0.05) is 60.3 Å².